The van der Waals surface area contributed by atoms with Gasteiger partial charge in [0.25, 0.3) is 5.88 Å². The average molecular weight is 289 g/mol. The van der Waals surface area contributed by atoms with Gasteiger partial charge in [0.05, 0.1) is 11.0 Å². The number of pyridine rings is 1. The number of aryl methyl sites for hydroxylation is 1. The molecule has 0 radical (unpaired) electrons. The molecule has 0 saturated heterocycles. The number of ether oxygens (including phenoxy) is 1. The van der Waals surface area contributed by atoms with Crippen LogP contribution in [0.4, 0.5) is 17.3 Å². The Morgan fingerprint density at radius 3 is 2.71 bits per heavy atom. The zero-order chi connectivity index (χ0) is 15.4. The molecule has 21 heavy (non-hydrogen) atoms. The summed E-state index contributed by atoms with van der Waals surface area (Å²) in [5.41, 5.74) is 0.477. The van der Waals surface area contributed by atoms with E-state index in [1.165, 1.54) is 6.33 Å². The summed E-state index contributed by atoms with van der Waals surface area (Å²) in [5.74, 6) is 0.441. The van der Waals surface area contributed by atoms with Gasteiger partial charge in [-0.05, 0) is 32.9 Å². The molecule has 0 aliphatic heterocycles. The Kier molecular flexibility index (Phi) is 4.27. The van der Waals surface area contributed by atoms with Gasteiger partial charge in [0.15, 0.2) is 0 Å². The van der Waals surface area contributed by atoms with Crippen LogP contribution in [-0.4, -0.2) is 26.0 Å². The van der Waals surface area contributed by atoms with Crippen LogP contribution in [0, 0.1) is 17.0 Å². The number of anilines is 2. The summed E-state index contributed by atoms with van der Waals surface area (Å²) in [6.45, 7) is 5.36. The number of nitrogens with zero attached hydrogens (tertiary/aromatic N) is 4. The first-order valence-electron chi connectivity index (χ1n) is 6.34. The molecule has 2 aromatic heterocycles. The Morgan fingerprint density at radius 2 is 2.10 bits per heavy atom. The van der Waals surface area contributed by atoms with Crippen molar-refractivity contribution in [3.8, 4) is 5.88 Å². The summed E-state index contributed by atoms with van der Waals surface area (Å²) in [6, 6.07) is 5.32. The van der Waals surface area contributed by atoms with Crippen LogP contribution in [-0.2, 0) is 0 Å². The largest absolute Gasteiger partial charge is 0.470 e. The predicted octanol–water partition coefficient (Wildman–Crippen LogP) is 2.62. The third-order valence-corrected chi connectivity index (χ3v) is 2.45. The van der Waals surface area contributed by atoms with Crippen LogP contribution in [0.2, 0.25) is 0 Å². The lowest BCUT2D eigenvalue weighted by Gasteiger charge is -2.11. The molecule has 0 aliphatic rings. The summed E-state index contributed by atoms with van der Waals surface area (Å²) in [5, 5.41) is 14.1. The van der Waals surface area contributed by atoms with Crippen molar-refractivity contribution < 1.29 is 9.66 Å². The van der Waals surface area contributed by atoms with E-state index in [0.29, 0.717) is 5.82 Å². The number of rotatable bonds is 5. The molecule has 0 amide bonds. The molecule has 0 aromatic carbocycles. The smallest absolute Gasteiger partial charge is 0.373 e. The lowest BCUT2D eigenvalue weighted by Crippen LogP contribution is -2.11. The molecular weight excluding hydrogens is 274 g/mol. The van der Waals surface area contributed by atoms with Crippen LogP contribution in [0.5, 0.6) is 5.88 Å². The minimum Gasteiger partial charge on any atom is -0.470 e. The molecular formula is C13H15N5O3. The van der Waals surface area contributed by atoms with Gasteiger partial charge in [-0.3, -0.25) is 10.1 Å². The Labute approximate surface area is 121 Å². The molecule has 0 saturated carbocycles. The molecule has 110 valence electrons. The van der Waals surface area contributed by atoms with Crippen molar-refractivity contribution >= 4 is 17.3 Å². The van der Waals surface area contributed by atoms with Crippen LogP contribution < -0.4 is 10.1 Å². The predicted molar refractivity (Wildman–Crippen MR) is 76.7 cm³/mol. The zero-order valence-corrected chi connectivity index (χ0v) is 11.9. The Hall–Kier alpha value is -2.77. The molecule has 0 fully saturated rings. The summed E-state index contributed by atoms with van der Waals surface area (Å²) < 4.78 is 5.36. The topological polar surface area (TPSA) is 103 Å². The summed E-state index contributed by atoms with van der Waals surface area (Å²) >= 11 is 0. The summed E-state index contributed by atoms with van der Waals surface area (Å²) in [4.78, 5) is 22.7. The highest BCUT2D eigenvalue weighted by Crippen LogP contribution is 2.32. The van der Waals surface area contributed by atoms with Gasteiger partial charge in [0.1, 0.15) is 12.1 Å². The van der Waals surface area contributed by atoms with E-state index in [1.807, 2.05) is 13.0 Å². The van der Waals surface area contributed by atoms with Crippen molar-refractivity contribution in [2.75, 3.05) is 5.32 Å². The van der Waals surface area contributed by atoms with E-state index in [9.17, 15) is 10.1 Å². The van der Waals surface area contributed by atoms with Crippen molar-refractivity contribution in [3.05, 3.63) is 40.3 Å². The second-order valence-electron chi connectivity index (χ2n) is 4.59. The molecule has 0 unspecified atom stereocenters. The van der Waals surface area contributed by atoms with Gasteiger partial charge in [-0.2, -0.15) is 4.98 Å². The van der Waals surface area contributed by atoms with Gasteiger partial charge in [0, 0.05) is 5.69 Å². The highest BCUT2D eigenvalue weighted by Gasteiger charge is 2.25. The van der Waals surface area contributed by atoms with E-state index in [4.69, 9.17) is 4.74 Å². The minimum absolute atomic E-state index is 0.0451. The lowest BCUT2D eigenvalue weighted by molar-refractivity contribution is -0.385. The molecule has 0 bridgehead atoms. The van der Waals surface area contributed by atoms with Crippen molar-refractivity contribution in [1.82, 2.24) is 15.0 Å². The fourth-order valence-corrected chi connectivity index (χ4v) is 1.66. The van der Waals surface area contributed by atoms with Crippen molar-refractivity contribution in [2.45, 2.75) is 26.9 Å². The SMILES string of the molecule is Cc1cccc(Nc2ncnc(OC(C)C)c2[N+](=O)[O-])n1. The van der Waals surface area contributed by atoms with Crippen LogP contribution in [0.3, 0.4) is 0 Å². The number of hydrogen-bond acceptors (Lipinski definition) is 7. The van der Waals surface area contributed by atoms with Crippen molar-refractivity contribution in [2.24, 2.45) is 0 Å². The van der Waals surface area contributed by atoms with Crippen molar-refractivity contribution in [1.29, 1.82) is 0 Å². The molecule has 1 N–H and O–H groups in total. The molecule has 8 nitrogen and oxygen atoms in total. The van der Waals surface area contributed by atoms with Gasteiger partial charge in [-0.25, -0.2) is 9.97 Å². The quantitative estimate of drug-likeness (QED) is 0.666. The molecule has 2 aromatic rings. The summed E-state index contributed by atoms with van der Waals surface area (Å²) in [7, 11) is 0. The highest BCUT2D eigenvalue weighted by molar-refractivity contribution is 5.66. The third kappa shape index (κ3) is 3.62. The molecule has 0 aliphatic carbocycles. The zero-order valence-electron chi connectivity index (χ0n) is 11.9. The van der Waals surface area contributed by atoms with Crippen molar-refractivity contribution in [3.63, 3.8) is 0 Å². The second kappa shape index (κ2) is 6.12. The van der Waals surface area contributed by atoms with E-state index in [2.05, 4.69) is 20.3 Å². The monoisotopic (exact) mass is 289 g/mol. The van der Waals surface area contributed by atoms with E-state index < -0.39 is 4.92 Å². The normalized spacial score (nSPS) is 10.5. The Bertz CT molecular complexity index is 660. The Balaban J connectivity index is 2.41. The standard InChI is InChI=1S/C13H15N5O3/c1-8(2)21-13-11(18(19)20)12(14-7-15-13)17-10-6-4-5-9(3)16-10/h4-8H,1-3H3,(H,14,15,16,17). The fraction of sp³-hybridized carbons (Fsp3) is 0.308. The van der Waals surface area contributed by atoms with Gasteiger partial charge in [-0.15, -0.1) is 0 Å². The molecule has 2 rings (SSSR count). The second-order valence-corrected chi connectivity index (χ2v) is 4.59. The maximum atomic E-state index is 11.3. The average Bonchev–Trinajstić information content (AvgIpc) is 2.37. The van der Waals surface area contributed by atoms with Crippen LogP contribution in [0.25, 0.3) is 0 Å². The van der Waals surface area contributed by atoms with E-state index in [-0.39, 0.29) is 23.5 Å². The first-order chi connectivity index (χ1) is 9.97. The number of nitrogens with one attached hydrogen (secondary N) is 1. The lowest BCUT2D eigenvalue weighted by atomic mass is 10.3. The van der Waals surface area contributed by atoms with Gasteiger partial charge in [-0.1, -0.05) is 6.07 Å². The Morgan fingerprint density at radius 1 is 1.33 bits per heavy atom. The first-order valence-corrected chi connectivity index (χ1v) is 6.34. The number of nitro groups is 1. The maximum Gasteiger partial charge on any atom is 0.373 e. The molecule has 0 spiro atoms. The number of hydrogen-bond donors (Lipinski definition) is 1. The minimum atomic E-state index is -0.574. The summed E-state index contributed by atoms with van der Waals surface area (Å²) in [6.07, 6.45) is 0.978. The van der Waals surface area contributed by atoms with Gasteiger partial charge >= 0.3 is 5.69 Å². The van der Waals surface area contributed by atoms with E-state index in [1.54, 1.807) is 26.0 Å². The third-order valence-electron chi connectivity index (χ3n) is 2.45. The van der Waals surface area contributed by atoms with Gasteiger partial charge < -0.3 is 10.1 Å². The maximum absolute atomic E-state index is 11.3. The fourth-order valence-electron chi connectivity index (χ4n) is 1.66. The first kappa shape index (κ1) is 14.6. The van der Waals surface area contributed by atoms with Crippen LogP contribution in [0.15, 0.2) is 24.5 Å². The van der Waals surface area contributed by atoms with E-state index >= 15 is 0 Å². The van der Waals surface area contributed by atoms with Gasteiger partial charge in [0.2, 0.25) is 5.82 Å². The van der Waals surface area contributed by atoms with Crippen LogP contribution in [0.1, 0.15) is 19.5 Å². The highest BCUT2D eigenvalue weighted by atomic mass is 16.6. The number of aromatic nitrogens is 3. The van der Waals surface area contributed by atoms with E-state index in [0.717, 1.165) is 5.69 Å². The van der Waals surface area contributed by atoms with Crippen LogP contribution >= 0.6 is 0 Å². The molecule has 8 heteroatoms. The molecule has 0 atom stereocenters. The molecule has 2 heterocycles.